The standard InChI is InChI=1S/C11H16N2O3S/c1-8(2)15-4-5-16-10-9(7-14)13-3-6-17-11(13)12-10/h3,6,8,14H,4-5,7H2,1-2H3. The van der Waals surface area contributed by atoms with Crippen LogP contribution in [0.2, 0.25) is 0 Å². The Balaban J connectivity index is 2.00. The average Bonchev–Trinajstić information content (AvgIpc) is 2.83. The second kappa shape index (κ2) is 5.48. The molecule has 1 N–H and O–H groups in total. The first kappa shape index (κ1) is 12.3. The molecule has 0 fully saturated rings. The van der Waals surface area contributed by atoms with E-state index in [0.29, 0.717) is 24.8 Å². The third-order valence-corrected chi connectivity index (χ3v) is 3.00. The Morgan fingerprint density at radius 2 is 2.29 bits per heavy atom. The lowest BCUT2D eigenvalue weighted by molar-refractivity contribution is 0.0538. The van der Waals surface area contributed by atoms with Crippen LogP contribution in [0.4, 0.5) is 0 Å². The van der Waals surface area contributed by atoms with Gasteiger partial charge < -0.3 is 14.6 Å². The Labute approximate surface area is 104 Å². The fourth-order valence-electron chi connectivity index (χ4n) is 1.49. The number of rotatable bonds is 6. The lowest BCUT2D eigenvalue weighted by Gasteiger charge is -2.08. The molecule has 17 heavy (non-hydrogen) atoms. The molecule has 2 aromatic heterocycles. The van der Waals surface area contributed by atoms with Gasteiger partial charge in [-0.05, 0) is 13.8 Å². The van der Waals surface area contributed by atoms with Crippen LogP contribution in [0.3, 0.4) is 0 Å². The third kappa shape index (κ3) is 2.77. The van der Waals surface area contributed by atoms with E-state index in [-0.39, 0.29) is 12.7 Å². The van der Waals surface area contributed by atoms with Crippen molar-refractivity contribution in [3.05, 3.63) is 17.3 Å². The van der Waals surface area contributed by atoms with E-state index in [1.807, 2.05) is 29.8 Å². The summed E-state index contributed by atoms with van der Waals surface area (Å²) in [6.07, 6.45) is 2.07. The molecule has 0 unspecified atom stereocenters. The average molecular weight is 256 g/mol. The summed E-state index contributed by atoms with van der Waals surface area (Å²) in [5.41, 5.74) is 0.686. The van der Waals surface area contributed by atoms with Crippen LogP contribution < -0.4 is 4.74 Å². The summed E-state index contributed by atoms with van der Waals surface area (Å²) in [4.78, 5) is 5.13. The van der Waals surface area contributed by atoms with E-state index in [4.69, 9.17) is 9.47 Å². The van der Waals surface area contributed by atoms with Gasteiger partial charge in [0.25, 0.3) is 0 Å². The molecule has 2 rings (SSSR count). The molecule has 2 heterocycles. The molecule has 0 spiro atoms. The van der Waals surface area contributed by atoms with Gasteiger partial charge in [-0.2, -0.15) is 4.98 Å². The van der Waals surface area contributed by atoms with Crippen LogP contribution in [0.1, 0.15) is 19.5 Å². The van der Waals surface area contributed by atoms with E-state index < -0.39 is 0 Å². The molecule has 5 nitrogen and oxygen atoms in total. The second-order valence-electron chi connectivity index (χ2n) is 3.85. The lowest BCUT2D eigenvalue weighted by Crippen LogP contribution is -2.12. The number of hydrogen-bond acceptors (Lipinski definition) is 5. The summed E-state index contributed by atoms with van der Waals surface area (Å²) in [5.74, 6) is 0.492. The summed E-state index contributed by atoms with van der Waals surface area (Å²) in [7, 11) is 0. The molecular weight excluding hydrogens is 240 g/mol. The second-order valence-corrected chi connectivity index (χ2v) is 4.72. The number of fused-ring (bicyclic) bond motifs is 1. The highest BCUT2D eigenvalue weighted by Crippen LogP contribution is 2.23. The van der Waals surface area contributed by atoms with Gasteiger partial charge in [-0.15, -0.1) is 11.3 Å². The number of aliphatic hydroxyl groups is 1. The van der Waals surface area contributed by atoms with E-state index >= 15 is 0 Å². The Hall–Kier alpha value is -1.11. The SMILES string of the molecule is CC(C)OCCOc1nc2sccn2c1CO. The van der Waals surface area contributed by atoms with E-state index in [2.05, 4.69) is 4.98 Å². The highest BCUT2D eigenvalue weighted by atomic mass is 32.1. The number of imidazole rings is 1. The van der Waals surface area contributed by atoms with Gasteiger partial charge in [0, 0.05) is 11.6 Å². The monoisotopic (exact) mass is 256 g/mol. The zero-order chi connectivity index (χ0) is 12.3. The minimum atomic E-state index is -0.0850. The van der Waals surface area contributed by atoms with Crippen molar-refractivity contribution in [2.24, 2.45) is 0 Å². The lowest BCUT2D eigenvalue weighted by atomic mass is 10.5. The van der Waals surface area contributed by atoms with Gasteiger partial charge in [-0.3, -0.25) is 4.40 Å². The van der Waals surface area contributed by atoms with Crippen molar-refractivity contribution in [1.82, 2.24) is 9.38 Å². The van der Waals surface area contributed by atoms with Crippen molar-refractivity contribution in [3.8, 4) is 5.88 Å². The van der Waals surface area contributed by atoms with Crippen LogP contribution in [-0.4, -0.2) is 33.8 Å². The molecule has 0 atom stereocenters. The molecule has 94 valence electrons. The van der Waals surface area contributed by atoms with Crippen molar-refractivity contribution in [2.45, 2.75) is 26.6 Å². The van der Waals surface area contributed by atoms with Crippen molar-refractivity contribution in [2.75, 3.05) is 13.2 Å². The predicted octanol–water partition coefficient (Wildman–Crippen LogP) is 1.69. The minimum absolute atomic E-state index is 0.0850. The zero-order valence-corrected chi connectivity index (χ0v) is 10.7. The maximum atomic E-state index is 9.30. The van der Waals surface area contributed by atoms with Crippen LogP contribution in [0, 0.1) is 0 Å². The number of nitrogens with zero attached hydrogens (tertiary/aromatic N) is 2. The largest absolute Gasteiger partial charge is 0.474 e. The van der Waals surface area contributed by atoms with Crippen LogP contribution in [0.15, 0.2) is 11.6 Å². The normalized spacial score (nSPS) is 11.5. The quantitative estimate of drug-likeness (QED) is 0.799. The summed E-state index contributed by atoms with van der Waals surface area (Å²) < 4.78 is 12.7. The number of hydrogen-bond donors (Lipinski definition) is 1. The van der Waals surface area contributed by atoms with Crippen LogP contribution in [0.25, 0.3) is 4.96 Å². The Bertz CT molecular complexity index is 478. The van der Waals surface area contributed by atoms with E-state index in [9.17, 15) is 5.11 Å². The van der Waals surface area contributed by atoms with Gasteiger partial charge in [-0.1, -0.05) is 0 Å². The van der Waals surface area contributed by atoms with Gasteiger partial charge in [0.15, 0.2) is 4.96 Å². The Kier molecular flexibility index (Phi) is 3.98. The van der Waals surface area contributed by atoms with Crippen molar-refractivity contribution in [3.63, 3.8) is 0 Å². The van der Waals surface area contributed by atoms with Gasteiger partial charge in [0.2, 0.25) is 5.88 Å². The molecular formula is C11H16N2O3S. The smallest absolute Gasteiger partial charge is 0.239 e. The molecule has 0 saturated heterocycles. The molecule has 2 aromatic rings. The maximum absolute atomic E-state index is 9.30. The summed E-state index contributed by atoms with van der Waals surface area (Å²) in [6, 6.07) is 0. The first-order valence-corrected chi connectivity index (χ1v) is 6.40. The van der Waals surface area contributed by atoms with Crippen molar-refractivity contribution >= 4 is 16.3 Å². The van der Waals surface area contributed by atoms with Crippen LogP contribution >= 0.6 is 11.3 Å². The van der Waals surface area contributed by atoms with Gasteiger partial charge >= 0.3 is 0 Å². The number of aliphatic hydroxyl groups excluding tert-OH is 1. The first-order valence-electron chi connectivity index (χ1n) is 5.52. The summed E-state index contributed by atoms with van der Waals surface area (Å²) in [5, 5.41) is 11.2. The highest BCUT2D eigenvalue weighted by molar-refractivity contribution is 7.15. The number of thiazole rings is 1. The first-order chi connectivity index (χ1) is 8.22. The molecule has 0 aliphatic carbocycles. The minimum Gasteiger partial charge on any atom is -0.474 e. The molecule has 0 aliphatic rings. The fraction of sp³-hybridized carbons (Fsp3) is 0.545. The Morgan fingerprint density at radius 1 is 1.47 bits per heavy atom. The molecule has 0 aliphatic heterocycles. The molecule has 6 heteroatoms. The number of aromatic nitrogens is 2. The van der Waals surface area contributed by atoms with E-state index in [1.54, 1.807) is 0 Å². The van der Waals surface area contributed by atoms with Crippen LogP contribution in [-0.2, 0) is 11.3 Å². The zero-order valence-electron chi connectivity index (χ0n) is 9.92. The van der Waals surface area contributed by atoms with Crippen molar-refractivity contribution < 1.29 is 14.6 Å². The Morgan fingerprint density at radius 3 is 3.00 bits per heavy atom. The predicted molar refractivity (Wildman–Crippen MR) is 65.6 cm³/mol. The molecule has 0 radical (unpaired) electrons. The van der Waals surface area contributed by atoms with E-state index in [1.165, 1.54) is 11.3 Å². The topological polar surface area (TPSA) is 56.0 Å². The summed E-state index contributed by atoms with van der Waals surface area (Å²) >= 11 is 1.51. The van der Waals surface area contributed by atoms with E-state index in [0.717, 1.165) is 4.96 Å². The maximum Gasteiger partial charge on any atom is 0.239 e. The molecule has 0 aromatic carbocycles. The molecule has 0 amide bonds. The molecule has 0 saturated carbocycles. The summed E-state index contributed by atoms with van der Waals surface area (Å²) in [6.45, 7) is 4.83. The molecule has 0 bridgehead atoms. The third-order valence-electron chi connectivity index (χ3n) is 2.25. The van der Waals surface area contributed by atoms with Gasteiger partial charge in [0.05, 0.1) is 19.3 Å². The van der Waals surface area contributed by atoms with Crippen LogP contribution in [0.5, 0.6) is 5.88 Å². The highest BCUT2D eigenvalue weighted by Gasteiger charge is 2.13. The fourth-order valence-corrected chi connectivity index (χ4v) is 2.22. The van der Waals surface area contributed by atoms with Crippen molar-refractivity contribution in [1.29, 1.82) is 0 Å². The van der Waals surface area contributed by atoms with Gasteiger partial charge in [0.1, 0.15) is 12.3 Å². The van der Waals surface area contributed by atoms with Gasteiger partial charge in [-0.25, -0.2) is 0 Å². The number of ether oxygens (including phenoxy) is 2.